The first kappa shape index (κ1) is 10.9. The molecular formula is C8H15NO3. The van der Waals surface area contributed by atoms with Gasteiger partial charge in [-0.1, -0.05) is 13.8 Å². The summed E-state index contributed by atoms with van der Waals surface area (Å²) in [5.41, 5.74) is 0. The minimum absolute atomic E-state index is 0.000370. The van der Waals surface area contributed by atoms with E-state index in [1.165, 1.54) is 7.11 Å². The summed E-state index contributed by atoms with van der Waals surface area (Å²) < 4.78 is 4.35. The Morgan fingerprint density at radius 2 is 1.75 bits per heavy atom. The van der Waals surface area contributed by atoms with Crippen molar-refractivity contribution in [2.45, 2.75) is 26.8 Å². The summed E-state index contributed by atoms with van der Waals surface area (Å²) in [5, 5.41) is 2.40. The number of hydrogen-bond donors (Lipinski definition) is 1. The van der Waals surface area contributed by atoms with Gasteiger partial charge in [0.2, 0.25) is 0 Å². The molecule has 0 saturated carbocycles. The molecule has 1 N–H and O–H groups in total. The third-order valence-electron chi connectivity index (χ3n) is 1.52. The molecule has 70 valence electrons. The Balaban J connectivity index is 3.95. The Hall–Kier alpha value is -1.06. The molecule has 0 aliphatic heterocycles. The molecule has 0 unspecified atom stereocenters. The second-order valence-electron chi connectivity index (χ2n) is 2.91. The van der Waals surface area contributed by atoms with E-state index in [0.29, 0.717) is 0 Å². The third-order valence-corrected chi connectivity index (χ3v) is 1.52. The number of alkyl carbamates (subject to hydrolysis) is 1. The second kappa shape index (κ2) is 4.74. The van der Waals surface area contributed by atoms with E-state index in [1.807, 2.05) is 0 Å². The van der Waals surface area contributed by atoms with Crippen molar-refractivity contribution in [1.82, 2.24) is 5.32 Å². The molecule has 1 atom stereocenters. The van der Waals surface area contributed by atoms with Crippen molar-refractivity contribution >= 4 is 11.9 Å². The number of rotatable bonds is 3. The molecule has 0 rings (SSSR count). The number of carbonyl (C=O) groups excluding carboxylic acids is 2. The lowest BCUT2D eigenvalue weighted by Gasteiger charge is -2.13. The Labute approximate surface area is 72.3 Å². The normalized spacial score (nSPS) is 12.4. The van der Waals surface area contributed by atoms with Crippen LogP contribution in [0.15, 0.2) is 0 Å². The first-order valence-corrected chi connectivity index (χ1v) is 3.87. The van der Waals surface area contributed by atoms with Crippen molar-refractivity contribution in [3.05, 3.63) is 0 Å². The van der Waals surface area contributed by atoms with Crippen LogP contribution in [0.3, 0.4) is 0 Å². The van der Waals surface area contributed by atoms with Crippen LogP contribution in [0.5, 0.6) is 0 Å². The molecule has 0 saturated heterocycles. The zero-order valence-electron chi connectivity index (χ0n) is 7.88. The predicted molar refractivity (Wildman–Crippen MR) is 44.8 cm³/mol. The topological polar surface area (TPSA) is 55.4 Å². The maximum Gasteiger partial charge on any atom is 0.407 e. The van der Waals surface area contributed by atoms with Crippen LogP contribution < -0.4 is 5.32 Å². The average molecular weight is 173 g/mol. The Morgan fingerprint density at radius 1 is 1.25 bits per heavy atom. The fraction of sp³-hybridized carbons (Fsp3) is 0.750. The Bertz CT molecular complexity index is 177. The summed E-state index contributed by atoms with van der Waals surface area (Å²) in [4.78, 5) is 21.9. The van der Waals surface area contributed by atoms with Gasteiger partial charge >= 0.3 is 6.09 Å². The van der Waals surface area contributed by atoms with Crippen LogP contribution in [-0.4, -0.2) is 25.0 Å². The lowest BCUT2D eigenvalue weighted by molar-refractivity contribution is -0.123. The first-order chi connectivity index (χ1) is 5.49. The van der Waals surface area contributed by atoms with Crippen molar-refractivity contribution in [3.8, 4) is 0 Å². The monoisotopic (exact) mass is 173 g/mol. The third kappa shape index (κ3) is 3.37. The van der Waals surface area contributed by atoms with Crippen molar-refractivity contribution in [3.63, 3.8) is 0 Å². The van der Waals surface area contributed by atoms with Crippen LogP contribution in [-0.2, 0) is 9.53 Å². The van der Waals surface area contributed by atoms with Crippen molar-refractivity contribution in [2.75, 3.05) is 7.11 Å². The summed E-state index contributed by atoms with van der Waals surface area (Å²) in [6, 6.07) is -0.475. The molecule has 0 aliphatic carbocycles. The minimum atomic E-state index is -0.573. The summed E-state index contributed by atoms with van der Waals surface area (Å²) >= 11 is 0. The van der Waals surface area contributed by atoms with E-state index in [1.54, 1.807) is 20.8 Å². The van der Waals surface area contributed by atoms with Gasteiger partial charge in [-0.15, -0.1) is 0 Å². The Morgan fingerprint density at radius 3 is 2.08 bits per heavy atom. The highest BCUT2D eigenvalue weighted by Gasteiger charge is 2.18. The zero-order valence-corrected chi connectivity index (χ0v) is 7.88. The van der Waals surface area contributed by atoms with Gasteiger partial charge in [0, 0.05) is 5.92 Å². The van der Waals surface area contributed by atoms with Gasteiger partial charge in [0.05, 0.1) is 13.2 Å². The van der Waals surface area contributed by atoms with E-state index < -0.39 is 12.1 Å². The zero-order chi connectivity index (χ0) is 9.72. The second-order valence-corrected chi connectivity index (χ2v) is 2.91. The smallest absolute Gasteiger partial charge is 0.407 e. The molecule has 0 aromatic carbocycles. The summed E-state index contributed by atoms with van der Waals surface area (Å²) in [6.07, 6.45) is -0.573. The van der Waals surface area contributed by atoms with Crippen molar-refractivity contribution in [1.29, 1.82) is 0 Å². The summed E-state index contributed by atoms with van der Waals surface area (Å²) in [7, 11) is 1.27. The molecule has 0 aliphatic rings. The van der Waals surface area contributed by atoms with Gasteiger partial charge in [-0.05, 0) is 6.92 Å². The molecular weight excluding hydrogens is 158 g/mol. The van der Waals surface area contributed by atoms with Gasteiger partial charge in [0.25, 0.3) is 0 Å². The standard InChI is InChI=1S/C8H15NO3/c1-5(2)7(10)6(3)9-8(11)12-4/h5-6H,1-4H3,(H,9,11)/t6-/m1/s1. The molecule has 0 fully saturated rings. The van der Waals surface area contributed by atoms with Gasteiger partial charge in [0.1, 0.15) is 0 Å². The van der Waals surface area contributed by atoms with Crippen LogP contribution in [0, 0.1) is 5.92 Å². The molecule has 0 heterocycles. The van der Waals surface area contributed by atoms with Crippen LogP contribution in [0.25, 0.3) is 0 Å². The van der Waals surface area contributed by atoms with Crippen molar-refractivity contribution < 1.29 is 14.3 Å². The SMILES string of the molecule is COC(=O)N[C@H](C)C(=O)C(C)C. The van der Waals surface area contributed by atoms with Gasteiger partial charge in [0.15, 0.2) is 5.78 Å². The van der Waals surface area contributed by atoms with E-state index in [4.69, 9.17) is 0 Å². The molecule has 1 amide bonds. The number of Topliss-reactive ketones (excluding diaryl/α,β-unsaturated/α-hetero) is 1. The van der Waals surface area contributed by atoms with Crippen LogP contribution in [0.4, 0.5) is 4.79 Å². The van der Waals surface area contributed by atoms with E-state index in [-0.39, 0.29) is 11.7 Å². The number of methoxy groups -OCH3 is 1. The average Bonchev–Trinajstić information content (AvgIpc) is 2.02. The largest absolute Gasteiger partial charge is 0.453 e. The first-order valence-electron chi connectivity index (χ1n) is 3.87. The number of amides is 1. The Kier molecular flexibility index (Phi) is 4.33. The fourth-order valence-electron chi connectivity index (χ4n) is 0.807. The number of ketones is 1. The minimum Gasteiger partial charge on any atom is -0.453 e. The predicted octanol–water partition coefficient (Wildman–Crippen LogP) is 0.956. The van der Waals surface area contributed by atoms with Crippen molar-refractivity contribution in [2.24, 2.45) is 5.92 Å². The van der Waals surface area contributed by atoms with E-state index in [9.17, 15) is 9.59 Å². The van der Waals surface area contributed by atoms with E-state index in [0.717, 1.165) is 0 Å². The summed E-state index contributed by atoms with van der Waals surface area (Å²) in [6.45, 7) is 5.22. The molecule has 0 radical (unpaired) electrons. The number of ether oxygens (including phenoxy) is 1. The number of nitrogens with one attached hydrogen (secondary N) is 1. The molecule has 0 spiro atoms. The summed E-state index contributed by atoms with van der Waals surface area (Å²) in [5.74, 6) is -0.0717. The lowest BCUT2D eigenvalue weighted by Crippen LogP contribution is -2.40. The molecule has 4 heteroatoms. The van der Waals surface area contributed by atoms with Gasteiger partial charge in [-0.3, -0.25) is 4.79 Å². The maximum absolute atomic E-state index is 11.2. The molecule has 0 aromatic heterocycles. The molecule has 12 heavy (non-hydrogen) atoms. The van der Waals surface area contributed by atoms with Gasteiger partial charge in [-0.2, -0.15) is 0 Å². The number of hydrogen-bond acceptors (Lipinski definition) is 3. The maximum atomic E-state index is 11.2. The van der Waals surface area contributed by atoms with Crippen LogP contribution >= 0.6 is 0 Å². The molecule has 0 aromatic rings. The van der Waals surface area contributed by atoms with Crippen LogP contribution in [0.1, 0.15) is 20.8 Å². The highest BCUT2D eigenvalue weighted by atomic mass is 16.5. The lowest BCUT2D eigenvalue weighted by atomic mass is 10.0. The molecule has 4 nitrogen and oxygen atoms in total. The quantitative estimate of drug-likeness (QED) is 0.691. The van der Waals surface area contributed by atoms with E-state index >= 15 is 0 Å². The fourth-order valence-corrected chi connectivity index (χ4v) is 0.807. The highest BCUT2D eigenvalue weighted by Crippen LogP contribution is 1.98. The number of carbonyl (C=O) groups is 2. The van der Waals surface area contributed by atoms with Gasteiger partial charge < -0.3 is 10.1 Å². The van der Waals surface area contributed by atoms with E-state index in [2.05, 4.69) is 10.1 Å². The molecule has 0 bridgehead atoms. The van der Waals surface area contributed by atoms with Gasteiger partial charge in [-0.25, -0.2) is 4.79 Å². The highest BCUT2D eigenvalue weighted by molar-refractivity contribution is 5.88. The van der Waals surface area contributed by atoms with Crippen LogP contribution in [0.2, 0.25) is 0 Å².